The summed E-state index contributed by atoms with van der Waals surface area (Å²) in [6.07, 6.45) is 3.63. The summed E-state index contributed by atoms with van der Waals surface area (Å²) in [5, 5.41) is 5.55. The molecule has 0 aliphatic rings. The van der Waals surface area contributed by atoms with Crippen LogP contribution in [0.2, 0.25) is 0 Å². The molecule has 1 unspecified atom stereocenters. The normalized spacial score (nSPS) is 13.2. The summed E-state index contributed by atoms with van der Waals surface area (Å²) in [4.78, 5) is 15.8. The molecule has 1 atom stereocenters. The van der Waals surface area contributed by atoms with Crippen LogP contribution in [0.1, 0.15) is 30.8 Å². The highest BCUT2D eigenvalue weighted by Crippen LogP contribution is 2.18. The summed E-state index contributed by atoms with van der Waals surface area (Å²) in [5.41, 5.74) is 0. The predicted molar refractivity (Wildman–Crippen MR) is 70.8 cm³/mol. The third-order valence-electron chi connectivity index (χ3n) is 2.21. The maximum atomic E-state index is 11.6. The maximum absolute atomic E-state index is 11.6. The van der Waals surface area contributed by atoms with Gasteiger partial charge in [0, 0.05) is 24.5 Å². The van der Waals surface area contributed by atoms with Crippen LogP contribution in [0.4, 0.5) is 0 Å². The van der Waals surface area contributed by atoms with E-state index in [1.165, 1.54) is 11.3 Å². The number of nitrogens with zero attached hydrogens (tertiary/aromatic N) is 1. The number of aromatic nitrogens is 1. The topological polar surface area (TPSA) is 88.2 Å². The molecule has 8 heteroatoms. The molecule has 2 N–H and O–H groups in total. The Hall–Kier alpha value is -0.990. The van der Waals surface area contributed by atoms with Crippen molar-refractivity contribution in [2.45, 2.75) is 25.8 Å². The highest BCUT2D eigenvalue weighted by molar-refractivity contribution is 7.88. The number of carbonyl (C=O) groups is 1. The number of nitrogens with one attached hydrogen (secondary N) is 2. The Morgan fingerprint density at radius 3 is 2.78 bits per heavy atom. The van der Waals surface area contributed by atoms with Gasteiger partial charge in [0.25, 0.3) is 0 Å². The molecule has 6 nitrogen and oxygen atoms in total. The van der Waals surface area contributed by atoms with Crippen LogP contribution >= 0.6 is 11.3 Å². The van der Waals surface area contributed by atoms with Crippen molar-refractivity contribution in [1.82, 2.24) is 15.0 Å². The minimum absolute atomic E-state index is 0.101. The monoisotopic (exact) mass is 291 g/mol. The molecule has 0 saturated carbocycles. The van der Waals surface area contributed by atoms with Gasteiger partial charge in [0.05, 0.1) is 12.3 Å². The number of thiazole rings is 1. The second-order valence-corrected chi connectivity index (χ2v) is 6.57. The summed E-state index contributed by atoms with van der Waals surface area (Å²) >= 11 is 1.49. The first-order chi connectivity index (χ1) is 8.42. The summed E-state index contributed by atoms with van der Waals surface area (Å²) in [7, 11) is -3.24. The molecular formula is C10H17N3O3S2. The Bertz CT molecular complexity index is 471. The molecule has 1 aromatic heterocycles. The van der Waals surface area contributed by atoms with Gasteiger partial charge < -0.3 is 5.32 Å². The van der Waals surface area contributed by atoms with Crippen LogP contribution in [0.25, 0.3) is 0 Å². The zero-order valence-electron chi connectivity index (χ0n) is 10.3. The smallest absolute Gasteiger partial charge is 0.221 e. The molecule has 1 aromatic rings. The Balaban J connectivity index is 2.39. The van der Waals surface area contributed by atoms with E-state index in [1.54, 1.807) is 6.20 Å². The number of amides is 1. The van der Waals surface area contributed by atoms with Gasteiger partial charge in [-0.2, -0.15) is 0 Å². The standard InChI is InChI=1S/C10H17N3O3S2/c1-3-8(10-11-6-7-17-10)13-9(14)4-5-12-18(2,15)16/h6-8,12H,3-5H2,1-2H3,(H,13,14). The van der Waals surface area contributed by atoms with E-state index in [2.05, 4.69) is 15.0 Å². The van der Waals surface area contributed by atoms with E-state index in [0.29, 0.717) is 0 Å². The zero-order chi connectivity index (χ0) is 13.6. The number of hydrogen-bond acceptors (Lipinski definition) is 5. The Morgan fingerprint density at radius 1 is 1.56 bits per heavy atom. The number of sulfonamides is 1. The number of hydrogen-bond donors (Lipinski definition) is 2. The second-order valence-electron chi connectivity index (χ2n) is 3.82. The van der Waals surface area contributed by atoms with Crippen molar-refractivity contribution in [3.63, 3.8) is 0 Å². The molecule has 1 amide bonds. The van der Waals surface area contributed by atoms with Crippen LogP contribution in [0, 0.1) is 0 Å². The van der Waals surface area contributed by atoms with E-state index in [-0.39, 0.29) is 24.9 Å². The number of rotatable bonds is 7. The van der Waals surface area contributed by atoms with Crippen molar-refractivity contribution >= 4 is 27.3 Å². The van der Waals surface area contributed by atoms with E-state index in [0.717, 1.165) is 17.7 Å². The first kappa shape index (κ1) is 15.1. The average molecular weight is 291 g/mol. The third-order valence-corrected chi connectivity index (χ3v) is 3.83. The molecule has 1 rings (SSSR count). The predicted octanol–water partition coefficient (Wildman–Crippen LogP) is 0.650. The Morgan fingerprint density at radius 2 is 2.28 bits per heavy atom. The molecule has 0 aliphatic carbocycles. The van der Waals surface area contributed by atoms with Gasteiger partial charge in [-0.05, 0) is 6.42 Å². The van der Waals surface area contributed by atoms with Crippen LogP contribution in [-0.2, 0) is 14.8 Å². The van der Waals surface area contributed by atoms with Crippen LogP contribution in [-0.4, -0.2) is 32.1 Å². The van der Waals surface area contributed by atoms with Gasteiger partial charge >= 0.3 is 0 Å². The van der Waals surface area contributed by atoms with Crippen molar-refractivity contribution in [3.8, 4) is 0 Å². The molecule has 1 heterocycles. The largest absolute Gasteiger partial charge is 0.347 e. The molecule has 0 bridgehead atoms. The van der Waals surface area contributed by atoms with Gasteiger partial charge in [0.2, 0.25) is 15.9 Å². The van der Waals surface area contributed by atoms with Crippen LogP contribution < -0.4 is 10.0 Å². The van der Waals surface area contributed by atoms with E-state index < -0.39 is 10.0 Å². The first-order valence-corrected chi connectivity index (χ1v) is 8.33. The highest BCUT2D eigenvalue weighted by Gasteiger charge is 2.14. The second kappa shape index (κ2) is 6.81. The van der Waals surface area contributed by atoms with Crippen molar-refractivity contribution in [1.29, 1.82) is 0 Å². The summed E-state index contributed by atoms with van der Waals surface area (Å²) < 4.78 is 23.9. The summed E-state index contributed by atoms with van der Waals surface area (Å²) in [6, 6.07) is -0.101. The molecular weight excluding hydrogens is 274 g/mol. The molecule has 0 radical (unpaired) electrons. The van der Waals surface area contributed by atoms with Gasteiger partial charge in [0.1, 0.15) is 5.01 Å². The highest BCUT2D eigenvalue weighted by atomic mass is 32.2. The fraction of sp³-hybridized carbons (Fsp3) is 0.600. The van der Waals surface area contributed by atoms with Crippen LogP contribution in [0.15, 0.2) is 11.6 Å². The molecule has 102 valence electrons. The van der Waals surface area contributed by atoms with Gasteiger partial charge in [0.15, 0.2) is 0 Å². The summed E-state index contributed by atoms with van der Waals surface area (Å²) in [6.45, 7) is 2.07. The van der Waals surface area contributed by atoms with Crippen molar-refractivity contribution in [2.24, 2.45) is 0 Å². The lowest BCUT2D eigenvalue weighted by Gasteiger charge is -2.14. The van der Waals surface area contributed by atoms with Gasteiger partial charge in [-0.3, -0.25) is 4.79 Å². The molecule has 18 heavy (non-hydrogen) atoms. The van der Waals surface area contributed by atoms with E-state index in [1.807, 2.05) is 12.3 Å². The van der Waals surface area contributed by atoms with Gasteiger partial charge in [-0.1, -0.05) is 6.92 Å². The van der Waals surface area contributed by atoms with Crippen molar-refractivity contribution in [3.05, 3.63) is 16.6 Å². The van der Waals surface area contributed by atoms with E-state index in [9.17, 15) is 13.2 Å². The average Bonchev–Trinajstić information content (AvgIpc) is 2.77. The van der Waals surface area contributed by atoms with Crippen molar-refractivity contribution in [2.75, 3.05) is 12.8 Å². The lowest BCUT2D eigenvalue weighted by molar-refractivity contribution is -0.121. The van der Waals surface area contributed by atoms with E-state index >= 15 is 0 Å². The molecule has 0 saturated heterocycles. The van der Waals surface area contributed by atoms with Gasteiger partial charge in [-0.25, -0.2) is 18.1 Å². The van der Waals surface area contributed by atoms with Crippen molar-refractivity contribution < 1.29 is 13.2 Å². The first-order valence-electron chi connectivity index (χ1n) is 5.55. The van der Waals surface area contributed by atoms with Crippen LogP contribution in [0.5, 0.6) is 0 Å². The molecule has 0 fully saturated rings. The molecule has 0 aromatic carbocycles. The molecule has 0 spiro atoms. The third kappa shape index (κ3) is 5.56. The molecule has 0 aliphatic heterocycles. The fourth-order valence-electron chi connectivity index (χ4n) is 1.36. The summed E-state index contributed by atoms with van der Waals surface area (Å²) in [5.74, 6) is -0.187. The minimum atomic E-state index is -3.24. The zero-order valence-corrected chi connectivity index (χ0v) is 12.0. The SMILES string of the molecule is CCC(NC(=O)CCNS(C)(=O)=O)c1nccs1. The Kier molecular flexibility index (Phi) is 5.70. The lowest BCUT2D eigenvalue weighted by atomic mass is 10.2. The van der Waals surface area contributed by atoms with Gasteiger partial charge in [-0.15, -0.1) is 11.3 Å². The lowest BCUT2D eigenvalue weighted by Crippen LogP contribution is -2.32. The quantitative estimate of drug-likeness (QED) is 0.772. The Labute approximate surface area is 111 Å². The van der Waals surface area contributed by atoms with Crippen LogP contribution in [0.3, 0.4) is 0 Å². The van der Waals surface area contributed by atoms with E-state index in [4.69, 9.17) is 0 Å². The fourth-order valence-corrected chi connectivity index (χ4v) is 2.61. The maximum Gasteiger partial charge on any atom is 0.221 e. The number of carbonyl (C=O) groups excluding carboxylic acids is 1. The minimum Gasteiger partial charge on any atom is -0.347 e.